The fourth-order valence-electron chi connectivity index (χ4n) is 0.989. The van der Waals surface area contributed by atoms with Gasteiger partial charge < -0.3 is 0 Å². The van der Waals surface area contributed by atoms with Gasteiger partial charge >= 0.3 is 6.18 Å². The molecule has 0 heterocycles. The molecule has 0 unspecified atom stereocenters. The van der Waals surface area contributed by atoms with Crippen molar-refractivity contribution >= 4 is 15.9 Å². The Kier molecular flexibility index (Phi) is 3.75. The molecule has 0 aliphatic carbocycles. The Balaban J connectivity index is 3.27. The number of hydrogen-bond donors (Lipinski definition) is 0. The first-order valence-corrected chi connectivity index (χ1v) is 4.99. The maximum Gasteiger partial charge on any atom is 0.417 e. The molecule has 0 aliphatic heterocycles. The first-order valence-electron chi connectivity index (χ1n) is 3.86. The van der Waals surface area contributed by atoms with Gasteiger partial charge in [-0.25, -0.2) is 4.39 Å². The second-order valence-corrected chi connectivity index (χ2v) is 3.18. The normalized spacial score (nSPS) is 10.7. The highest BCUT2D eigenvalue weighted by molar-refractivity contribution is 9.09. The lowest BCUT2D eigenvalue weighted by atomic mass is 10.1. The number of benzene rings is 1. The summed E-state index contributed by atoms with van der Waals surface area (Å²) in [4.78, 5) is 0. The highest BCUT2D eigenvalue weighted by Gasteiger charge is 2.33. The Bertz CT molecular complexity index is 412. The van der Waals surface area contributed by atoms with Gasteiger partial charge in [0.2, 0.25) is 0 Å². The van der Waals surface area contributed by atoms with Gasteiger partial charge in [0.05, 0.1) is 10.9 Å². The van der Waals surface area contributed by atoms with E-state index >= 15 is 0 Å². The Morgan fingerprint density at radius 2 is 1.93 bits per heavy atom. The second-order valence-electron chi connectivity index (χ2n) is 2.62. The van der Waals surface area contributed by atoms with Crippen LogP contribution >= 0.6 is 15.9 Å². The molecule has 5 heteroatoms. The predicted molar refractivity (Wildman–Crippen MR) is 52.1 cm³/mol. The van der Waals surface area contributed by atoms with Gasteiger partial charge in [0.15, 0.2) is 0 Å². The first-order chi connectivity index (χ1) is 6.95. The van der Waals surface area contributed by atoms with Crippen LogP contribution in [-0.2, 0) is 6.18 Å². The van der Waals surface area contributed by atoms with Crippen molar-refractivity contribution in [2.75, 3.05) is 5.33 Å². The van der Waals surface area contributed by atoms with Gasteiger partial charge in [0.1, 0.15) is 5.82 Å². The summed E-state index contributed by atoms with van der Waals surface area (Å²) in [5.74, 6) is 3.83. The van der Waals surface area contributed by atoms with Crippen molar-refractivity contribution in [1.29, 1.82) is 0 Å². The standard InChI is InChI=1S/C10H5BrF4/c11-5-1-2-7-3-4-8(12)6-9(7)10(13,14)15/h3-4,6H,5H2. The minimum Gasteiger partial charge on any atom is -0.207 e. The van der Waals surface area contributed by atoms with Crippen molar-refractivity contribution < 1.29 is 17.6 Å². The summed E-state index contributed by atoms with van der Waals surface area (Å²) < 4.78 is 49.9. The van der Waals surface area contributed by atoms with Gasteiger partial charge in [-0.1, -0.05) is 27.8 Å². The molecule has 0 bridgehead atoms. The number of hydrogen-bond acceptors (Lipinski definition) is 0. The van der Waals surface area contributed by atoms with Gasteiger partial charge in [-0.2, -0.15) is 13.2 Å². The van der Waals surface area contributed by atoms with Gasteiger partial charge in [-0.3, -0.25) is 0 Å². The molecular weight excluding hydrogens is 276 g/mol. The summed E-state index contributed by atoms with van der Waals surface area (Å²) in [6.45, 7) is 0. The zero-order valence-corrected chi connectivity index (χ0v) is 8.91. The Morgan fingerprint density at radius 1 is 1.27 bits per heavy atom. The molecule has 1 aromatic carbocycles. The lowest BCUT2D eigenvalue weighted by molar-refractivity contribution is -0.137. The zero-order valence-electron chi connectivity index (χ0n) is 7.33. The summed E-state index contributed by atoms with van der Waals surface area (Å²) in [6.07, 6.45) is -4.58. The quantitative estimate of drug-likeness (QED) is 0.387. The molecule has 0 fully saturated rings. The van der Waals surface area contributed by atoms with Crippen LogP contribution in [0.25, 0.3) is 0 Å². The Morgan fingerprint density at radius 3 is 2.47 bits per heavy atom. The lowest BCUT2D eigenvalue weighted by Gasteiger charge is -2.08. The summed E-state index contributed by atoms with van der Waals surface area (Å²) in [5.41, 5.74) is -1.26. The largest absolute Gasteiger partial charge is 0.417 e. The lowest BCUT2D eigenvalue weighted by Crippen LogP contribution is -2.08. The van der Waals surface area contributed by atoms with Crippen LogP contribution in [0.15, 0.2) is 18.2 Å². The van der Waals surface area contributed by atoms with Crippen LogP contribution in [0, 0.1) is 17.7 Å². The molecule has 0 spiro atoms. The molecule has 80 valence electrons. The molecule has 0 aromatic heterocycles. The Labute approximate surface area is 92.4 Å². The van der Waals surface area contributed by atoms with E-state index in [1.54, 1.807) is 0 Å². The van der Waals surface area contributed by atoms with Crippen LogP contribution in [0.2, 0.25) is 0 Å². The Hall–Kier alpha value is -1.02. The van der Waals surface area contributed by atoms with Crippen LogP contribution in [0.1, 0.15) is 11.1 Å². The van der Waals surface area contributed by atoms with E-state index in [0.717, 1.165) is 12.1 Å². The van der Waals surface area contributed by atoms with Crippen LogP contribution in [0.4, 0.5) is 17.6 Å². The monoisotopic (exact) mass is 280 g/mol. The van der Waals surface area contributed by atoms with E-state index in [1.807, 2.05) is 0 Å². The summed E-state index contributed by atoms with van der Waals surface area (Å²) >= 11 is 2.97. The van der Waals surface area contributed by atoms with Crippen LogP contribution < -0.4 is 0 Å². The minimum absolute atomic E-state index is 0.219. The predicted octanol–water partition coefficient (Wildman–Crippen LogP) is 3.59. The number of alkyl halides is 4. The number of halogens is 5. The van der Waals surface area contributed by atoms with E-state index in [9.17, 15) is 17.6 Å². The topological polar surface area (TPSA) is 0 Å². The molecule has 0 N–H and O–H groups in total. The van der Waals surface area contributed by atoms with E-state index in [1.165, 1.54) is 0 Å². The van der Waals surface area contributed by atoms with Crippen molar-refractivity contribution in [3.63, 3.8) is 0 Å². The van der Waals surface area contributed by atoms with Gasteiger partial charge in [-0.15, -0.1) is 0 Å². The molecular formula is C10H5BrF4. The van der Waals surface area contributed by atoms with E-state index in [-0.39, 0.29) is 10.9 Å². The maximum absolute atomic E-state index is 12.6. The van der Waals surface area contributed by atoms with Gasteiger partial charge in [0.25, 0.3) is 0 Å². The van der Waals surface area contributed by atoms with Crippen LogP contribution in [-0.4, -0.2) is 5.33 Å². The molecule has 0 nitrogen and oxygen atoms in total. The average Bonchev–Trinajstić information content (AvgIpc) is 2.14. The highest BCUT2D eigenvalue weighted by atomic mass is 79.9. The molecule has 0 aliphatic rings. The third-order valence-electron chi connectivity index (χ3n) is 1.58. The summed E-state index contributed by atoms with van der Waals surface area (Å²) in [5, 5.41) is 0.266. The third kappa shape index (κ3) is 3.24. The first kappa shape index (κ1) is 12.1. The molecule has 15 heavy (non-hydrogen) atoms. The van der Waals surface area contributed by atoms with E-state index in [2.05, 4.69) is 27.8 Å². The van der Waals surface area contributed by atoms with E-state index in [4.69, 9.17) is 0 Å². The van der Waals surface area contributed by atoms with Gasteiger partial charge in [-0.05, 0) is 18.2 Å². The van der Waals surface area contributed by atoms with Crippen molar-refractivity contribution in [3.05, 3.63) is 35.1 Å². The van der Waals surface area contributed by atoms with E-state index in [0.29, 0.717) is 6.07 Å². The maximum atomic E-state index is 12.6. The minimum atomic E-state index is -4.58. The summed E-state index contributed by atoms with van der Waals surface area (Å²) in [7, 11) is 0. The average molecular weight is 281 g/mol. The zero-order chi connectivity index (χ0) is 11.5. The molecule has 0 radical (unpaired) electrons. The van der Waals surface area contributed by atoms with Gasteiger partial charge in [0, 0.05) is 5.56 Å². The molecule has 0 amide bonds. The van der Waals surface area contributed by atoms with Crippen molar-refractivity contribution in [2.45, 2.75) is 6.18 Å². The SMILES string of the molecule is Fc1ccc(C#CCBr)c(C(F)(F)F)c1. The number of rotatable bonds is 0. The highest BCUT2D eigenvalue weighted by Crippen LogP contribution is 2.32. The molecule has 0 saturated carbocycles. The molecule has 0 atom stereocenters. The van der Waals surface area contributed by atoms with Crippen LogP contribution in [0.3, 0.4) is 0 Å². The molecule has 0 saturated heterocycles. The smallest absolute Gasteiger partial charge is 0.207 e. The van der Waals surface area contributed by atoms with Crippen molar-refractivity contribution in [3.8, 4) is 11.8 Å². The fraction of sp³-hybridized carbons (Fsp3) is 0.200. The van der Waals surface area contributed by atoms with Crippen LogP contribution in [0.5, 0.6) is 0 Å². The molecule has 1 rings (SSSR count). The fourth-order valence-corrected chi connectivity index (χ4v) is 1.13. The van der Waals surface area contributed by atoms with Crippen molar-refractivity contribution in [1.82, 2.24) is 0 Å². The van der Waals surface area contributed by atoms with E-state index < -0.39 is 17.6 Å². The second kappa shape index (κ2) is 4.67. The summed E-state index contributed by atoms with van der Waals surface area (Å²) in [6, 6.07) is 2.42. The third-order valence-corrected chi connectivity index (χ3v) is 1.86. The molecule has 1 aromatic rings. The van der Waals surface area contributed by atoms with Crippen molar-refractivity contribution in [2.24, 2.45) is 0 Å².